The minimum atomic E-state index is -0.361. The van der Waals surface area contributed by atoms with Gasteiger partial charge in [-0.25, -0.2) is 0 Å². The highest BCUT2D eigenvalue weighted by Crippen LogP contribution is 2.29. The Kier molecular flexibility index (Phi) is 6.67. The van der Waals surface area contributed by atoms with Crippen LogP contribution in [0.3, 0.4) is 0 Å². The van der Waals surface area contributed by atoms with Gasteiger partial charge in [0.25, 0.3) is 5.91 Å². The second-order valence-electron chi connectivity index (χ2n) is 7.39. The molecule has 2 saturated heterocycles. The number of hydrogen-bond acceptors (Lipinski definition) is 5. The first kappa shape index (κ1) is 19.3. The Morgan fingerprint density at radius 3 is 2.88 bits per heavy atom. The summed E-state index contributed by atoms with van der Waals surface area (Å²) in [7, 11) is 1.72. The average Bonchev–Trinajstić information content (AvgIpc) is 3.21. The summed E-state index contributed by atoms with van der Waals surface area (Å²) in [5, 5.41) is 8.41. The summed E-state index contributed by atoms with van der Waals surface area (Å²) in [4.78, 5) is 28.2. The van der Waals surface area contributed by atoms with Crippen LogP contribution in [-0.2, 0) is 9.53 Å². The maximum Gasteiger partial charge on any atom is 0.264 e. The number of thiophene rings is 1. The SMILES string of the molecule is COCC1(CNC(=O)C2CCCCN2C(=O)c2cccs2)CCNCC1. The summed E-state index contributed by atoms with van der Waals surface area (Å²) >= 11 is 1.43. The van der Waals surface area contributed by atoms with Crippen molar-refractivity contribution in [2.24, 2.45) is 5.41 Å². The quantitative estimate of drug-likeness (QED) is 0.792. The predicted octanol–water partition coefficient (Wildman–Crippen LogP) is 1.88. The van der Waals surface area contributed by atoms with Gasteiger partial charge in [-0.1, -0.05) is 6.07 Å². The van der Waals surface area contributed by atoms with Crippen molar-refractivity contribution in [2.45, 2.75) is 38.1 Å². The van der Waals surface area contributed by atoms with Gasteiger partial charge in [0, 0.05) is 25.6 Å². The number of nitrogens with one attached hydrogen (secondary N) is 2. The highest BCUT2D eigenvalue weighted by Gasteiger charge is 2.36. The number of amides is 2. The number of carbonyl (C=O) groups is 2. The molecule has 7 heteroatoms. The van der Waals surface area contributed by atoms with E-state index in [0.717, 1.165) is 45.2 Å². The molecule has 2 aliphatic rings. The van der Waals surface area contributed by atoms with Gasteiger partial charge in [0.15, 0.2) is 0 Å². The van der Waals surface area contributed by atoms with Crippen molar-refractivity contribution in [2.75, 3.05) is 39.9 Å². The topological polar surface area (TPSA) is 70.7 Å². The number of ether oxygens (including phenoxy) is 1. The van der Waals surface area contributed by atoms with Crippen LogP contribution < -0.4 is 10.6 Å². The summed E-state index contributed by atoms with van der Waals surface area (Å²) < 4.78 is 5.43. The second kappa shape index (κ2) is 8.97. The van der Waals surface area contributed by atoms with Gasteiger partial charge >= 0.3 is 0 Å². The third-order valence-corrected chi connectivity index (χ3v) is 6.41. The van der Waals surface area contributed by atoms with E-state index in [1.54, 1.807) is 12.0 Å². The monoisotopic (exact) mass is 379 g/mol. The Balaban J connectivity index is 1.63. The van der Waals surface area contributed by atoms with Crippen LogP contribution in [-0.4, -0.2) is 62.7 Å². The number of nitrogens with zero attached hydrogens (tertiary/aromatic N) is 1. The van der Waals surface area contributed by atoms with E-state index in [2.05, 4.69) is 10.6 Å². The molecule has 144 valence electrons. The van der Waals surface area contributed by atoms with Gasteiger partial charge in [-0.3, -0.25) is 9.59 Å². The highest BCUT2D eigenvalue weighted by molar-refractivity contribution is 7.12. The van der Waals surface area contributed by atoms with Crippen molar-refractivity contribution in [3.05, 3.63) is 22.4 Å². The Hall–Kier alpha value is -1.44. The van der Waals surface area contributed by atoms with Gasteiger partial charge < -0.3 is 20.3 Å². The molecule has 3 rings (SSSR count). The number of hydrogen-bond donors (Lipinski definition) is 2. The lowest BCUT2D eigenvalue weighted by Crippen LogP contribution is -2.54. The van der Waals surface area contributed by atoms with E-state index < -0.39 is 0 Å². The molecule has 6 nitrogen and oxygen atoms in total. The van der Waals surface area contributed by atoms with Crippen LogP contribution >= 0.6 is 11.3 Å². The number of rotatable bonds is 6. The molecule has 0 bridgehead atoms. The van der Waals surface area contributed by atoms with Crippen LogP contribution in [0.15, 0.2) is 17.5 Å². The zero-order chi connectivity index (χ0) is 18.4. The first-order valence-electron chi connectivity index (χ1n) is 9.47. The van der Waals surface area contributed by atoms with Gasteiger partial charge in [-0.05, 0) is 56.6 Å². The molecule has 0 radical (unpaired) electrons. The fourth-order valence-electron chi connectivity index (χ4n) is 4.02. The maximum atomic E-state index is 12.9. The molecule has 1 aromatic rings. The standard InChI is InChI=1S/C19H29N3O3S/c1-25-14-19(7-9-20-10-8-19)13-21-17(23)15-5-2-3-11-22(15)18(24)16-6-4-12-26-16/h4,6,12,15,20H,2-3,5,7-11,13-14H2,1H3,(H,21,23). The van der Waals surface area contributed by atoms with Gasteiger partial charge in [0.2, 0.25) is 5.91 Å². The van der Waals surface area contributed by atoms with Gasteiger partial charge in [-0.2, -0.15) is 0 Å². The van der Waals surface area contributed by atoms with E-state index in [9.17, 15) is 9.59 Å². The van der Waals surface area contributed by atoms with Gasteiger partial charge in [0.1, 0.15) is 6.04 Å². The lowest BCUT2D eigenvalue weighted by molar-refractivity contribution is -0.127. The van der Waals surface area contributed by atoms with E-state index in [-0.39, 0.29) is 23.3 Å². The molecule has 1 unspecified atom stereocenters. The molecular formula is C19H29N3O3S. The molecule has 26 heavy (non-hydrogen) atoms. The lowest BCUT2D eigenvalue weighted by Gasteiger charge is -2.39. The summed E-state index contributed by atoms with van der Waals surface area (Å²) in [6.45, 7) is 3.82. The first-order chi connectivity index (χ1) is 12.7. The average molecular weight is 380 g/mol. The van der Waals surface area contributed by atoms with Crippen LogP contribution in [0.1, 0.15) is 41.8 Å². The Morgan fingerprint density at radius 2 is 2.19 bits per heavy atom. The zero-order valence-corrected chi connectivity index (χ0v) is 16.3. The molecule has 2 amide bonds. The van der Waals surface area contributed by atoms with Crippen molar-refractivity contribution in [1.82, 2.24) is 15.5 Å². The summed E-state index contributed by atoms with van der Waals surface area (Å²) in [6, 6.07) is 3.35. The van der Waals surface area contributed by atoms with Crippen LogP contribution in [0.5, 0.6) is 0 Å². The zero-order valence-electron chi connectivity index (χ0n) is 15.5. The highest BCUT2D eigenvalue weighted by atomic mass is 32.1. The minimum absolute atomic E-state index is 0.00703. The van der Waals surface area contributed by atoms with Crippen molar-refractivity contribution in [1.29, 1.82) is 0 Å². The smallest absolute Gasteiger partial charge is 0.264 e. The molecule has 1 aromatic heterocycles. The van der Waals surface area contributed by atoms with E-state index in [1.165, 1.54) is 11.3 Å². The van der Waals surface area contributed by atoms with Crippen LogP contribution in [0.25, 0.3) is 0 Å². The molecule has 3 heterocycles. The lowest BCUT2D eigenvalue weighted by atomic mass is 9.79. The number of methoxy groups -OCH3 is 1. The maximum absolute atomic E-state index is 12.9. The molecular weight excluding hydrogens is 350 g/mol. The van der Waals surface area contributed by atoms with Crippen LogP contribution in [0, 0.1) is 5.41 Å². The van der Waals surface area contributed by atoms with Crippen molar-refractivity contribution >= 4 is 23.2 Å². The van der Waals surface area contributed by atoms with Gasteiger partial charge in [0.05, 0.1) is 11.5 Å². The predicted molar refractivity (Wildman–Crippen MR) is 102 cm³/mol. The van der Waals surface area contributed by atoms with Crippen molar-refractivity contribution in [3.8, 4) is 0 Å². The third kappa shape index (κ3) is 4.45. The molecule has 2 fully saturated rings. The summed E-state index contributed by atoms with van der Waals surface area (Å²) in [6.07, 6.45) is 4.66. The normalized spacial score (nSPS) is 22.8. The van der Waals surface area contributed by atoms with Crippen LogP contribution in [0.4, 0.5) is 0 Å². The van der Waals surface area contributed by atoms with Gasteiger partial charge in [-0.15, -0.1) is 11.3 Å². The molecule has 2 N–H and O–H groups in total. The van der Waals surface area contributed by atoms with Crippen molar-refractivity contribution < 1.29 is 14.3 Å². The van der Waals surface area contributed by atoms with E-state index in [1.807, 2.05) is 17.5 Å². The second-order valence-corrected chi connectivity index (χ2v) is 8.34. The Morgan fingerprint density at radius 1 is 1.38 bits per heavy atom. The van der Waals surface area contributed by atoms with Crippen molar-refractivity contribution in [3.63, 3.8) is 0 Å². The van der Waals surface area contributed by atoms with E-state index >= 15 is 0 Å². The van der Waals surface area contributed by atoms with E-state index in [4.69, 9.17) is 4.74 Å². The summed E-state index contributed by atoms with van der Waals surface area (Å²) in [5.41, 5.74) is -0.00703. The minimum Gasteiger partial charge on any atom is -0.384 e. The fourth-order valence-corrected chi connectivity index (χ4v) is 4.70. The molecule has 0 spiro atoms. The van der Waals surface area contributed by atoms with E-state index in [0.29, 0.717) is 24.6 Å². The fraction of sp³-hybridized carbons (Fsp3) is 0.684. The molecule has 0 saturated carbocycles. The molecule has 2 aliphatic heterocycles. The Bertz CT molecular complexity index is 594. The largest absolute Gasteiger partial charge is 0.384 e. The first-order valence-corrected chi connectivity index (χ1v) is 10.3. The Labute approximate surface area is 159 Å². The third-order valence-electron chi connectivity index (χ3n) is 5.55. The molecule has 0 aromatic carbocycles. The van der Waals surface area contributed by atoms with Crippen LogP contribution in [0.2, 0.25) is 0 Å². The molecule has 0 aliphatic carbocycles. The molecule has 1 atom stereocenters. The summed E-state index contributed by atoms with van der Waals surface area (Å²) in [5.74, 6) is -0.0445. The number of likely N-dealkylation sites (tertiary alicyclic amines) is 1. The number of piperidine rings is 2. The number of carbonyl (C=O) groups excluding carboxylic acids is 2.